The highest BCUT2D eigenvalue weighted by atomic mass is 19.4. The van der Waals surface area contributed by atoms with Gasteiger partial charge >= 0.3 is 6.18 Å². The number of aryl methyl sites for hydroxylation is 2. The van der Waals surface area contributed by atoms with Crippen LogP contribution in [0.3, 0.4) is 0 Å². The lowest BCUT2D eigenvalue weighted by atomic mass is 9.72. The second-order valence-corrected chi connectivity index (χ2v) is 13.9. The molecule has 5 heterocycles. The van der Waals surface area contributed by atoms with Crippen molar-refractivity contribution in [1.29, 1.82) is 0 Å². The maximum absolute atomic E-state index is 12.8. The zero-order valence-electron chi connectivity index (χ0n) is 27.2. The average molecular weight is 644 g/mol. The molecule has 7 rings (SSSR count). The van der Waals surface area contributed by atoms with Gasteiger partial charge in [0, 0.05) is 80.3 Å². The molecular formula is C37H44F3N7. The molecule has 0 bridgehead atoms. The van der Waals surface area contributed by atoms with Crippen LogP contribution in [0.5, 0.6) is 0 Å². The SMILES string of the molecule is C#Cc1cc2c(C)c(CN3CCC4(CC3)CN(c3ncc5cc(CC(F)(F)F)ccc5n3)C4)ccc2n1CCCCN1CCNCC1. The molecule has 0 saturated carbocycles. The molecule has 4 aromatic rings. The van der Waals surface area contributed by atoms with Gasteiger partial charge in [0.2, 0.25) is 5.95 Å². The van der Waals surface area contributed by atoms with Crippen molar-refractivity contribution in [3.63, 3.8) is 0 Å². The molecule has 10 heteroatoms. The molecule has 47 heavy (non-hydrogen) atoms. The van der Waals surface area contributed by atoms with E-state index < -0.39 is 12.6 Å². The first kappa shape index (κ1) is 31.9. The summed E-state index contributed by atoms with van der Waals surface area (Å²) in [6, 6.07) is 11.5. The van der Waals surface area contributed by atoms with Crippen LogP contribution in [0.2, 0.25) is 0 Å². The van der Waals surface area contributed by atoms with Crippen molar-refractivity contribution in [2.24, 2.45) is 5.41 Å². The Labute approximate surface area is 275 Å². The molecule has 2 aromatic carbocycles. The van der Waals surface area contributed by atoms with Crippen LogP contribution < -0.4 is 10.2 Å². The number of rotatable bonds is 9. The van der Waals surface area contributed by atoms with E-state index >= 15 is 0 Å². The number of benzene rings is 2. The maximum atomic E-state index is 12.8. The Bertz CT molecular complexity index is 1770. The fraction of sp³-hybridized carbons (Fsp3) is 0.514. The normalized spacial score (nSPS) is 19.0. The lowest BCUT2D eigenvalue weighted by Gasteiger charge is -2.54. The van der Waals surface area contributed by atoms with Crippen LogP contribution in [0.15, 0.2) is 42.6 Å². The molecule has 3 saturated heterocycles. The summed E-state index contributed by atoms with van der Waals surface area (Å²) in [5, 5.41) is 5.34. The summed E-state index contributed by atoms with van der Waals surface area (Å²) in [4.78, 5) is 16.5. The lowest BCUT2D eigenvalue weighted by molar-refractivity contribution is -0.127. The fourth-order valence-electron chi connectivity index (χ4n) is 7.81. The summed E-state index contributed by atoms with van der Waals surface area (Å²) in [7, 11) is 0. The molecule has 0 amide bonds. The van der Waals surface area contributed by atoms with Crippen molar-refractivity contribution in [2.45, 2.75) is 58.3 Å². The zero-order chi connectivity index (χ0) is 32.6. The molecule has 7 nitrogen and oxygen atoms in total. The molecule has 2 aromatic heterocycles. The minimum absolute atomic E-state index is 0.231. The molecule has 1 spiro atoms. The Morgan fingerprint density at radius 2 is 1.72 bits per heavy atom. The van der Waals surface area contributed by atoms with Crippen LogP contribution in [0.1, 0.15) is 48.1 Å². The van der Waals surface area contributed by atoms with Gasteiger partial charge in [-0.2, -0.15) is 13.2 Å². The van der Waals surface area contributed by atoms with Crippen molar-refractivity contribution >= 4 is 27.8 Å². The van der Waals surface area contributed by atoms with Crippen LogP contribution in [-0.2, 0) is 19.5 Å². The predicted molar refractivity (Wildman–Crippen MR) is 182 cm³/mol. The predicted octanol–water partition coefficient (Wildman–Crippen LogP) is 5.77. The Balaban J connectivity index is 0.930. The van der Waals surface area contributed by atoms with Crippen molar-refractivity contribution < 1.29 is 13.2 Å². The smallest absolute Gasteiger partial charge is 0.340 e. The van der Waals surface area contributed by atoms with Crippen LogP contribution in [-0.4, -0.2) is 89.4 Å². The highest BCUT2D eigenvalue weighted by Gasteiger charge is 2.45. The molecule has 0 unspecified atom stereocenters. The summed E-state index contributed by atoms with van der Waals surface area (Å²) in [6.45, 7) is 13.7. The Hall–Kier alpha value is -3.65. The van der Waals surface area contributed by atoms with E-state index in [2.05, 4.69) is 65.6 Å². The maximum Gasteiger partial charge on any atom is 0.393 e. The van der Waals surface area contributed by atoms with Crippen LogP contribution in [0, 0.1) is 24.7 Å². The number of likely N-dealkylation sites (tertiary alicyclic amines) is 1. The number of halogens is 3. The van der Waals surface area contributed by atoms with Gasteiger partial charge in [0.05, 0.1) is 17.6 Å². The molecule has 0 aliphatic carbocycles. The number of unbranched alkanes of at least 4 members (excludes halogenated alkanes) is 1. The van der Waals surface area contributed by atoms with E-state index in [0.717, 1.165) is 96.9 Å². The van der Waals surface area contributed by atoms with Crippen molar-refractivity contribution in [1.82, 2.24) is 29.7 Å². The lowest BCUT2D eigenvalue weighted by Crippen LogP contribution is -2.60. The van der Waals surface area contributed by atoms with Gasteiger partial charge in [-0.15, -0.1) is 6.42 Å². The number of nitrogens with zero attached hydrogens (tertiary/aromatic N) is 6. The van der Waals surface area contributed by atoms with Gasteiger partial charge in [-0.3, -0.25) is 4.90 Å². The van der Waals surface area contributed by atoms with Crippen molar-refractivity contribution in [3.8, 4) is 12.3 Å². The molecular weight excluding hydrogens is 599 g/mol. The van der Waals surface area contributed by atoms with E-state index in [-0.39, 0.29) is 11.0 Å². The summed E-state index contributed by atoms with van der Waals surface area (Å²) >= 11 is 0. The summed E-state index contributed by atoms with van der Waals surface area (Å²) in [5.41, 5.74) is 6.09. The highest BCUT2D eigenvalue weighted by Crippen LogP contribution is 2.42. The molecule has 3 fully saturated rings. The number of anilines is 1. The fourth-order valence-corrected chi connectivity index (χ4v) is 7.81. The van der Waals surface area contributed by atoms with Gasteiger partial charge in [0.25, 0.3) is 0 Å². The summed E-state index contributed by atoms with van der Waals surface area (Å²) in [5.74, 6) is 3.61. The molecule has 1 N–H and O–H groups in total. The molecule has 3 aliphatic rings. The number of aromatic nitrogens is 3. The second kappa shape index (κ2) is 13.1. The number of hydrogen-bond acceptors (Lipinski definition) is 6. The van der Waals surface area contributed by atoms with E-state index in [9.17, 15) is 13.2 Å². The Morgan fingerprint density at radius 1 is 0.957 bits per heavy atom. The number of piperidine rings is 1. The third kappa shape index (κ3) is 6.99. The summed E-state index contributed by atoms with van der Waals surface area (Å²) in [6.07, 6.45) is 7.01. The molecule has 248 valence electrons. The highest BCUT2D eigenvalue weighted by molar-refractivity contribution is 5.86. The molecule has 3 aliphatic heterocycles. The number of piperazine rings is 1. The minimum Gasteiger partial charge on any atom is -0.340 e. The number of hydrogen-bond donors (Lipinski definition) is 1. The number of terminal acetylenes is 1. The van der Waals surface area contributed by atoms with Gasteiger partial charge in [-0.1, -0.05) is 18.1 Å². The Morgan fingerprint density at radius 3 is 2.47 bits per heavy atom. The van der Waals surface area contributed by atoms with Crippen LogP contribution >= 0.6 is 0 Å². The van der Waals surface area contributed by atoms with Crippen LogP contribution in [0.4, 0.5) is 19.1 Å². The second-order valence-electron chi connectivity index (χ2n) is 13.9. The van der Waals surface area contributed by atoms with E-state index in [4.69, 9.17) is 6.42 Å². The number of fused-ring (bicyclic) bond motifs is 2. The monoisotopic (exact) mass is 643 g/mol. The standard InChI is InChI=1S/C37H44F3N7/c1-3-31-21-32-27(2)29(7-9-34(32)47(31)15-5-4-14-44-18-12-41-13-19-44)24-45-16-10-36(11-17-45)25-46(26-36)35-42-23-30-20-28(22-37(38,39)40)6-8-33(30)43-35/h1,6-9,20-21,23,41H,4-5,10-19,22,24-26H2,2H3. The minimum atomic E-state index is -4.23. The van der Waals surface area contributed by atoms with E-state index in [1.54, 1.807) is 18.3 Å². The van der Waals surface area contributed by atoms with Crippen molar-refractivity contribution in [3.05, 3.63) is 65.0 Å². The van der Waals surface area contributed by atoms with E-state index in [1.165, 1.54) is 34.5 Å². The third-order valence-corrected chi connectivity index (χ3v) is 10.6. The molecule has 0 radical (unpaired) electrons. The van der Waals surface area contributed by atoms with Gasteiger partial charge in [0.15, 0.2) is 0 Å². The molecule has 0 atom stereocenters. The van der Waals surface area contributed by atoms with Gasteiger partial charge in [-0.05, 0) is 93.2 Å². The zero-order valence-corrected chi connectivity index (χ0v) is 27.2. The largest absolute Gasteiger partial charge is 0.393 e. The number of alkyl halides is 3. The van der Waals surface area contributed by atoms with E-state index in [1.807, 2.05) is 0 Å². The van der Waals surface area contributed by atoms with Gasteiger partial charge in [-0.25, -0.2) is 9.97 Å². The quantitative estimate of drug-likeness (QED) is 0.185. The first-order valence-electron chi connectivity index (χ1n) is 17.0. The van der Waals surface area contributed by atoms with Crippen molar-refractivity contribution in [2.75, 3.05) is 63.8 Å². The average Bonchev–Trinajstić information content (AvgIpc) is 3.41. The van der Waals surface area contributed by atoms with Gasteiger partial charge < -0.3 is 19.7 Å². The number of nitrogens with one attached hydrogen (secondary N) is 1. The van der Waals surface area contributed by atoms with Crippen LogP contribution in [0.25, 0.3) is 21.8 Å². The first-order valence-corrected chi connectivity index (χ1v) is 17.0. The third-order valence-electron chi connectivity index (χ3n) is 10.6. The van der Waals surface area contributed by atoms with Gasteiger partial charge in [0.1, 0.15) is 0 Å². The topological polar surface area (TPSA) is 52.5 Å². The Kier molecular flexibility index (Phi) is 8.90. The first-order chi connectivity index (χ1) is 22.7. The summed E-state index contributed by atoms with van der Waals surface area (Å²) < 4.78 is 40.8. The van der Waals surface area contributed by atoms with E-state index in [0.29, 0.717) is 16.9 Å².